The van der Waals surface area contributed by atoms with Gasteiger partial charge in [0.2, 0.25) is 0 Å². The number of hydrogen-bond donors (Lipinski definition) is 1. The number of rotatable bonds is 9. The lowest BCUT2D eigenvalue weighted by Gasteiger charge is -2.14. The van der Waals surface area contributed by atoms with Gasteiger partial charge in [-0.15, -0.1) is 0 Å². The Morgan fingerprint density at radius 3 is 2.47 bits per heavy atom. The number of carbonyl (C=O) groups excluding carboxylic acids is 1. The number of nitriles is 1. The van der Waals surface area contributed by atoms with Gasteiger partial charge in [0.15, 0.2) is 11.5 Å². The fourth-order valence-electron chi connectivity index (χ4n) is 3.20. The van der Waals surface area contributed by atoms with Crippen molar-refractivity contribution in [3.05, 3.63) is 91.4 Å². The lowest BCUT2D eigenvalue weighted by Crippen LogP contribution is -2.14. The summed E-state index contributed by atoms with van der Waals surface area (Å²) in [5, 5.41) is 23.4. The van der Waals surface area contributed by atoms with Gasteiger partial charge in [-0.3, -0.25) is 14.9 Å². The maximum atomic E-state index is 12.7. The molecule has 36 heavy (non-hydrogen) atoms. The number of nitro benzene ring substituents is 1. The van der Waals surface area contributed by atoms with Crippen molar-refractivity contribution in [1.82, 2.24) is 0 Å². The van der Waals surface area contributed by atoms with Crippen LogP contribution in [0.2, 0.25) is 0 Å². The summed E-state index contributed by atoms with van der Waals surface area (Å²) in [5.41, 5.74) is 1.92. The Morgan fingerprint density at radius 1 is 1.14 bits per heavy atom. The highest BCUT2D eigenvalue weighted by Crippen LogP contribution is 2.38. The number of hydrogen-bond acceptors (Lipinski definition) is 7. The predicted octanol–water partition coefficient (Wildman–Crippen LogP) is 5.81. The van der Waals surface area contributed by atoms with Crippen LogP contribution in [-0.4, -0.2) is 25.1 Å². The molecule has 0 spiro atoms. The van der Waals surface area contributed by atoms with Gasteiger partial charge in [0.05, 0.1) is 29.7 Å². The van der Waals surface area contributed by atoms with E-state index in [1.165, 1.54) is 38.5 Å². The van der Waals surface area contributed by atoms with E-state index in [1.54, 1.807) is 12.1 Å². The van der Waals surface area contributed by atoms with E-state index in [1.807, 2.05) is 37.3 Å². The van der Waals surface area contributed by atoms with Crippen LogP contribution in [0.15, 0.2) is 64.6 Å². The third-order valence-corrected chi connectivity index (χ3v) is 5.67. The summed E-state index contributed by atoms with van der Waals surface area (Å²) in [6.45, 7) is 2.32. The molecule has 0 heterocycles. The number of anilines is 1. The molecule has 0 atom stereocenters. The van der Waals surface area contributed by atoms with E-state index in [4.69, 9.17) is 14.2 Å². The van der Waals surface area contributed by atoms with Crippen LogP contribution in [0.3, 0.4) is 0 Å². The molecule has 0 fully saturated rings. The minimum atomic E-state index is -0.805. The number of carbonyl (C=O) groups is 1. The largest absolute Gasteiger partial charge is 0.496 e. The first-order chi connectivity index (χ1) is 17.2. The number of benzene rings is 3. The number of nitro groups is 1. The Balaban J connectivity index is 1.84. The van der Waals surface area contributed by atoms with Crippen molar-refractivity contribution in [2.45, 2.75) is 13.5 Å². The predicted molar refractivity (Wildman–Crippen MR) is 138 cm³/mol. The standard InChI is InChI=1S/C26H22BrN3O6/c1-16-4-6-17(7-5-16)15-36-25-21(27)11-18(12-24(25)35-3)10-19(14-28)26(31)29-22-9-8-20(34-2)13-23(22)30(32)33/h4-13H,15H2,1-3H3,(H,29,31)/b19-10+. The summed E-state index contributed by atoms with van der Waals surface area (Å²) >= 11 is 3.46. The molecule has 0 saturated carbocycles. The number of amides is 1. The number of methoxy groups -OCH3 is 2. The lowest BCUT2D eigenvalue weighted by atomic mass is 10.1. The van der Waals surface area contributed by atoms with Crippen molar-refractivity contribution in [1.29, 1.82) is 5.26 Å². The molecule has 0 aliphatic heterocycles. The Hall–Kier alpha value is -4.36. The molecule has 1 N–H and O–H groups in total. The maximum Gasteiger partial charge on any atom is 0.296 e. The van der Waals surface area contributed by atoms with Crippen molar-refractivity contribution in [3.63, 3.8) is 0 Å². The first-order valence-electron chi connectivity index (χ1n) is 10.6. The zero-order chi connectivity index (χ0) is 26.2. The molecule has 0 aromatic heterocycles. The fourth-order valence-corrected chi connectivity index (χ4v) is 3.78. The normalized spacial score (nSPS) is 10.8. The molecule has 1 amide bonds. The third kappa shape index (κ3) is 6.40. The Morgan fingerprint density at radius 2 is 1.86 bits per heavy atom. The van der Waals surface area contributed by atoms with Crippen LogP contribution >= 0.6 is 15.9 Å². The molecule has 0 saturated heterocycles. The van der Waals surface area contributed by atoms with Crippen LogP contribution in [0.5, 0.6) is 17.2 Å². The lowest BCUT2D eigenvalue weighted by molar-refractivity contribution is -0.384. The molecule has 10 heteroatoms. The number of ether oxygens (including phenoxy) is 3. The van der Waals surface area contributed by atoms with Crippen molar-refractivity contribution in [2.24, 2.45) is 0 Å². The van der Waals surface area contributed by atoms with Crippen LogP contribution in [0.4, 0.5) is 11.4 Å². The number of nitrogens with zero attached hydrogens (tertiary/aromatic N) is 2. The van der Waals surface area contributed by atoms with Gasteiger partial charge in [-0.2, -0.15) is 5.26 Å². The second kappa shape index (κ2) is 11.9. The molecule has 0 unspecified atom stereocenters. The second-order valence-electron chi connectivity index (χ2n) is 7.57. The second-order valence-corrected chi connectivity index (χ2v) is 8.43. The quantitative estimate of drug-likeness (QED) is 0.154. The van der Waals surface area contributed by atoms with Gasteiger partial charge in [0.1, 0.15) is 29.7 Å². The Kier molecular flexibility index (Phi) is 8.65. The van der Waals surface area contributed by atoms with Crippen LogP contribution < -0.4 is 19.5 Å². The van der Waals surface area contributed by atoms with E-state index in [2.05, 4.69) is 21.2 Å². The number of halogens is 1. The first-order valence-corrected chi connectivity index (χ1v) is 11.4. The van der Waals surface area contributed by atoms with Crippen LogP contribution in [0, 0.1) is 28.4 Å². The average Bonchev–Trinajstić information content (AvgIpc) is 2.87. The molecule has 3 rings (SSSR count). The molecule has 9 nitrogen and oxygen atoms in total. The van der Waals surface area contributed by atoms with Crippen LogP contribution in [0.1, 0.15) is 16.7 Å². The molecule has 3 aromatic carbocycles. The first kappa shape index (κ1) is 26.2. The molecule has 3 aromatic rings. The van der Waals surface area contributed by atoms with Gasteiger partial charge >= 0.3 is 0 Å². The van der Waals surface area contributed by atoms with Crippen LogP contribution in [0.25, 0.3) is 6.08 Å². The molecule has 0 aliphatic carbocycles. The Labute approximate surface area is 216 Å². The molecule has 0 aliphatic rings. The molecule has 0 bridgehead atoms. The van der Waals surface area contributed by atoms with Crippen molar-refractivity contribution >= 4 is 39.3 Å². The summed E-state index contributed by atoms with van der Waals surface area (Å²) in [4.78, 5) is 23.5. The fraction of sp³-hybridized carbons (Fsp3) is 0.154. The molecular formula is C26H22BrN3O6. The summed E-state index contributed by atoms with van der Waals surface area (Å²) in [6, 6.07) is 17.0. The minimum Gasteiger partial charge on any atom is -0.496 e. The zero-order valence-electron chi connectivity index (χ0n) is 19.7. The summed E-state index contributed by atoms with van der Waals surface area (Å²) in [7, 11) is 2.85. The monoisotopic (exact) mass is 551 g/mol. The summed E-state index contributed by atoms with van der Waals surface area (Å²) in [5.74, 6) is 0.316. The summed E-state index contributed by atoms with van der Waals surface area (Å²) in [6.07, 6.45) is 1.35. The number of aryl methyl sites for hydroxylation is 1. The van der Waals surface area contributed by atoms with E-state index in [0.29, 0.717) is 28.1 Å². The van der Waals surface area contributed by atoms with E-state index >= 15 is 0 Å². The maximum absolute atomic E-state index is 12.7. The van der Waals surface area contributed by atoms with Gasteiger partial charge in [-0.05, 0) is 64.3 Å². The van der Waals surface area contributed by atoms with Crippen molar-refractivity contribution < 1.29 is 23.9 Å². The van der Waals surface area contributed by atoms with E-state index in [-0.39, 0.29) is 22.7 Å². The number of nitrogens with one attached hydrogen (secondary N) is 1. The van der Waals surface area contributed by atoms with Gasteiger partial charge in [0.25, 0.3) is 11.6 Å². The van der Waals surface area contributed by atoms with Gasteiger partial charge in [0, 0.05) is 0 Å². The highest BCUT2D eigenvalue weighted by molar-refractivity contribution is 9.10. The Bertz CT molecular complexity index is 1360. The zero-order valence-corrected chi connectivity index (χ0v) is 21.3. The van der Waals surface area contributed by atoms with Gasteiger partial charge in [-0.1, -0.05) is 29.8 Å². The minimum absolute atomic E-state index is 0.0643. The highest BCUT2D eigenvalue weighted by atomic mass is 79.9. The highest BCUT2D eigenvalue weighted by Gasteiger charge is 2.20. The van der Waals surface area contributed by atoms with E-state index in [9.17, 15) is 20.2 Å². The SMILES string of the molecule is COc1ccc(NC(=O)/C(C#N)=C/c2cc(Br)c(OCc3ccc(C)cc3)c(OC)c2)c([N+](=O)[O-])c1. The molecule has 184 valence electrons. The topological polar surface area (TPSA) is 124 Å². The summed E-state index contributed by atoms with van der Waals surface area (Å²) < 4.78 is 17.0. The van der Waals surface area contributed by atoms with Crippen molar-refractivity contribution in [3.8, 4) is 23.3 Å². The average molecular weight is 552 g/mol. The third-order valence-electron chi connectivity index (χ3n) is 5.08. The van der Waals surface area contributed by atoms with Gasteiger partial charge in [-0.25, -0.2) is 0 Å². The van der Waals surface area contributed by atoms with Crippen LogP contribution in [-0.2, 0) is 11.4 Å². The van der Waals surface area contributed by atoms with E-state index < -0.39 is 10.8 Å². The smallest absolute Gasteiger partial charge is 0.296 e. The van der Waals surface area contributed by atoms with E-state index in [0.717, 1.165) is 11.1 Å². The van der Waals surface area contributed by atoms with Gasteiger partial charge < -0.3 is 19.5 Å². The molecule has 0 radical (unpaired) electrons. The van der Waals surface area contributed by atoms with Crippen molar-refractivity contribution in [2.75, 3.05) is 19.5 Å². The molecular weight excluding hydrogens is 530 g/mol.